The van der Waals surface area contributed by atoms with Crippen LogP contribution in [-0.4, -0.2) is 18.2 Å². The van der Waals surface area contributed by atoms with Crippen molar-refractivity contribution in [3.8, 4) is 5.75 Å². The van der Waals surface area contributed by atoms with E-state index in [1.54, 1.807) is 19.2 Å². The second-order valence-electron chi connectivity index (χ2n) is 4.86. The van der Waals surface area contributed by atoms with Crippen LogP contribution >= 0.6 is 0 Å². The number of carbonyl (C=O) groups is 1. The van der Waals surface area contributed by atoms with Gasteiger partial charge in [-0.25, -0.2) is 0 Å². The number of carboxylic acids is 1. The van der Waals surface area contributed by atoms with Crippen LogP contribution < -0.4 is 4.74 Å². The highest BCUT2D eigenvalue weighted by Gasteiger charge is 2.20. The number of rotatable bonds is 5. The highest BCUT2D eigenvalue weighted by atomic mass is 16.5. The normalized spacial score (nSPS) is 11.9. The first-order chi connectivity index (χ1) is 9.60. The number of carboxylic acid groups (broad SMARTS) is 1. The first-order valence-corrected chi connectivity index (χ1v) is 6.52. The lowest BCUT2D eigenvalue weighted by Gasteiger charge is -2.14. The third-order valence-electron chi connectivity index (χ3n) is 3.34. The Morgan fingerprint density at radius 2 is 1.90 bits per heavy atom. The van der Waals surface area contributed by atoms with Gasteiger partial charge in [0.05, 0.1) is 13.0 Å². The Morgan fingerprint density at radius 1 is 1.20 bits per heavy atom. The van der Waals surface area contributed by atoms with Gasteiger partial charge in [-0.2, -0.15) is 0 Å². The average Bonchev–Trinajstić information content (AvgIpc) is 2.45. The summed E-state index contributed by atoms with van der Waals surface area (Å²) >= 11 is 0. The van der Waals surface area contributed by atoms with E-state index in [9.17, 15) is 9.90 Å². The number of aliphatic carboxylic acids is 1. The molecule has 0 aliphatic carbocycles. The minimum Gasteiger partial charge on any atom is -0.497 e. The van der Waals surface area contributed by atoms with Gasteiger partial charge in [0.2, 0.25) is 0 Å². The van der Waals surface area contributed by atoms with Crippen LogP contribution in [0.25, 0.3) is 0 Å². The Bertz CT molecular complexity index is 587. The molecule has 1 unspecified atom stereocenters. The van der Waals surface area contributed by atoms with Crippen LogP contribution in [0.5, 0.6) is 5.75 Å². The monoisotopic (exact) mass is 270 g/mol. The Kier molecular flexibility index (Phi) is 4.41. The molecule has 0 amide bonds. The molecule has 0 radical (unpaired) electrons. The van der Waals surface area contributed by atoms with Crippen molar-refractivity contribution in [3.63, 3.8) is 0 Å². The SMILES string of the molecule is COc1ccc(C(Cc2cccc(C)c2)C(=O)O)cc1. The smallest absolute Gasteiger partial charge is 0.311 e. The van der Waals surface area contributed by atoms with Crippen LogP contribution in [0, 0.1) is 6.92 Å². The predicted molar refractivity (Wildman–Crippen MR) is 78.3 cm³/mol. The topological polar surface area (TPSA) is 46.5 Å². The van der Waals surface area contributed by atoms with Crippen molar-refractivity contribution in [2.45, 2.75) is 19.3 Å². The summed E-state index contributed by atoms with van der Waals surface area (Å²) in [5, 5.41) is 9.45. The summed E-state index contributed by atoms with van der Waals surface area (Å²) in [4.78, 5) is 11.5. The highest BCUT2D eigenvalue weighted by molar-refractivity contribution is 5.76. The quantitative estimate of drug-likeness (QED) is 0.905. The average molecular weight is 270 g/mol. The molecule has 20 heavy (non-hydrogen) atoms. The zero-order valence-electron chi connectivity index (χ0n) is 11.7. The Hall–Kier alpha value is -2.29. The van der Waals surface area contributed by atoms with Crippen LogP contribution in [0.15, 0.2) is 48.5 Å². The number of ether oxygens (including phenoxy) is 1. The summed E-state index contributed by atoms with van der Waals surface area (Å²) in [5.74, 6) is -0.618. The minimum absolute atomic E-state index is 0.489. The summed E-state index contributed by atoms with van der Waals surface area (Å²) in [6.45, 7) is 2.01. The van der Waals surface area contributed by atoms with Crippen LogP contribution in [0.2, 0.25) is 0 Å². The molecule has 3 nitrogen and oxygen atoms in total. The van der Waals surface area contributed by atoms with Gasteiger partial charge in [0.25, 0.3) is 0 Å². The van der Waals surface area contributed by atoms with E-state index in [4.69, 9.17) is 4.74 Å². The third-order valence-corrected chi connectivity index (χ3v) is 3.34. The lowest BCUT2D eigenvalue weighted by molar-refractivity contribution is -0.138. The first-order valence-electron chi connectivity index (χ1n) is 6.52. The minimum atomic E-state index is -0.809. The summed E-state index contributed by atoms with van der Waals surface area (Å²) in [5.41, 5.74) is 2.97. The number of aryl methyl sites for hydroxylation is 1. The van der Waals surface area contributed by atoms with Crippen molar-refractivity contribution in [1.82, 2.24) is 0 Å². The Morgan fingerprint density at radius 3 is 2.45 bits per heavy atom. The van der Waals surface area contributed by atoms with Crippen molar-refractivity contribution in [2.75, 3.05) is 7.11 Å². The molecule has 1 atom stereocenters. The van der Waals surface area contributed by atoms with E-state index < -0.39 is 11.9 Å². The van der Waals surface area contributed by atoms with E-state index in [1.807, 2.05) is 43.3 Å². The second-order valence-corrected chi connectivity index (χ2v) is 4.86. The second kappa shape index (κ2) is 6.24. The Labute approximate surface area is 118 Å². The zero-order chi connectivity index (χ0) is 14.5. The third kappa shape index (κ3) is 3.38. The Balaban J connectivity index is 2.24. The number of benzene rings is 2. The summed E-state index contributed by atoms with van der Waals surface area (Å²) in [6, 6.07) is 15.2. The summed E-state index contributed by atoms with van der Waals surface area (Å²) < 4.78 is 5.10. The molecule has 0 saturated carbocycles. The predicted octanol–water partition coefficient (Wildman–Crippen LogP) is 3.41. The largest absolute Gasteiger partial charge is 0.497 e. The van der Waals surface area contributed by atoms with E-state index in [0.717, 1.165) is 22.4 Å². The van der Waals surface area contributed by atoms with Gasteiger partial charge in [-0.3, -0.25) is 4.79 Å². The molecule has 3 heteroatoms. The van der Waals surface area contributed by atoms with E-state index in [-0.39, 0.29) is 0 Å². The summed E-state index contributed by atoms with van der Waals surface area (Å²) in [6.07, 6.45) is 0.489. The van der Waals surface area contributed by atoms with Crippen LogP contribution in [0.1, 0.15) is 22.6 Å². The van der Waals surface area contributed by atoms with Gasteiger partial charge < -0.3 is 9.84 Å². The van der Waals surface area contributed by atoms with Crippen molar-refractivity contribution >= 4 is 5.97 Å². The van der Waals surface area contributed by atoms with E-state index >= 15 is 0 Å². The van der Waals surface area contributed by atoms with Crippen LogP contribution in [-0.2, 0) is 11.2 Å². The zero-order valence-corrected chi connectivity index (χ0v) is 11.7. The number of methoxy groups -OCH3 is 1. The maximum Gasteiger partial charge on any atom is 0.311 e. The number of hydrogen-bond donors (Lipinski definition) is 1. The van der Waals surface area contributed by atoms with Crippen molar-refractivity contribution in [1.29, 1.82) is 0 Å². The fourth-order valence-electron chi connectivity index (χ4n) is 2.26. The van der Waals surface area contributed by atoms with E-state index in [2.05, 4.69) is 0 Å². The molecule has 0 aliphatic rings. The molecule has 0 fully saturated rings. The lowest BCUT2D eigenvalue weighted by Crippen LogP contribution is -2.14. The van der Waals surface area contributed by atoms with E-state index in [1.165, 1.54) is 0 Å². The molecule has 2 aromatic rings. The molecular weight excluding hydrogens is 252 g/mol. The van der Waals surface area contributed by atoms with Gasteiger partial charge >= 0.3 is 5.97 Å². The molecule has 0 spiro atoms. The maximum absolute atomic E-state index is 11.5. The summed E-state index contributed by atoms with van der Waals surface area (Å²) in [7, 11) is 1.59. The van der Waals surface area contributed by atoms with Crippen molar-refractivity contribution < 1.29 is 14.6 Å². The molecular formula is C17H18O3. The molecule has 2 aromatic carbocycles. The fraction of sp³-hybridized carbons (Fsp3) is 0.235. The van der Waals surface area contributed by atoms with Gasteiger partial charge in [0.1, 0.15) is 5.75 Å². The van der Waals surface area contributed by atoms with Crippen molar-refractivity contribution in [3.05, 3.63) is 65.2 Å². The lowest BCUT2D eigenvalue weighted by atomic mass is 9.91. The van der Waals surface area contributed by atoms with E-state index in [0.29, 0.717) is 6.42 Å². The van der Waals surface area contributed by atoms with Crippen LogP contribution in [0.4, 0.5) is 0 Å². The number of hydrogen-bond acceptors (Lipinski definition) is 2. The van der Waals surface area contributed by atoms with Crippen LogP contribution in [0.3, 0.4) is 0 Å². The molecule has 0 aliphatic heterocycles. The van der Waals surface area contributed by atoms with Gasteiger partial charge in [0.15, 0.2) is 0 Å². The molecule has 0 heterocycles. The molecule has 0 bridgehead atoms. The highest BCUT2D eigenvalue weighted by Crippen LogP contribution is 2.24. The standard InChI is InChI=1S/C17H18O3/c1-12-4-3-5-13(10-12)11-16(17(18)19)14-6-8-15(20-2)9-7-14/h3-10,16H,11H2,1-2H3,(H,18,19). The van der Waals surface area contributed by atoms with Gasteiger partial charge in [-0.05, 0) is 36.6 Å². The maximum atomic E-state index is 11.5. The first kappa shape index (κ1) is 14.1. The van der Waals surface area contributed by atoms with Gasteiger partial charge in [-0.1, -0.05) is 42.0 Å². The molecule has 0 aromatic heterocycles. The van der Waals surface area contributed by atoms with Gasteiger partial charge in [0, 0.05) is 0 Å². The molecule has 104 valence electrons. The fourth-order valence-corrected chi connectivity index (χ4v) is 2.26. The molecule has 0 saturated heterocycles. The molecule has 2 rings (SSSR count). The van der Waals surface area contributed by atoms with Crippen molar-refractivity contribution in [2.24, 2.45) is 0 Å². The molecule has 1 N–H and O–H groups in total. The van der Waals surface area contributed by atoms with Gasteiger partial charge in [-0.15, -0.1) is 0 Å².